The summed E-state index contributed by atoms with van der Waals surface area (Å²) >= 11 is 1.78. The fourth-order valence-corrected chi connectivity index (χ4v) is 3.43. The molecule has 0 fully saturated rings. The molecule has 0 aromatic carbocycles. The molecule has 0 bridgehead atoms. The van der Waals surface area contributed by atoms with Crippen LogP contribution in [0, 0.1) is 0 Å². The lowest BCUT2D eigenvalue weighted by atomic mass is 9.97. The summed E-state index contributed by atoms with van der Waals surface area (Å²) in [6.07, 6.45) is 6.44. The van der Waals surface area contributed by atoms with Crippen LogP contribution >= 0.6 is 11.3 Å². The van der Waals surface area contributed by atoms with E-state index in [9.17, 15) is 0 Å². The molecule has 2 heterocycles. The number of hydrogen-bond acceptors (Lipinski definition) is 5. The number of thiophene rings is 1. The van der Waals surface area contributed by atoms with E-state index in [1.165, 1.54) is 29.7 Å². The third-order valence-corrected chi connectivity index (χ3v) is 4.09. The van der Waals surface area contributed by atoms with Crippen LogP contribution in [0.4, 0.5) is 5.82 Å². The van der Waals surface area contributed by atoms with Gasteiger partial charge in [-0.25, -0.2) is 15.8 Å². The first-order valence-corrected chi connectivity index (χ1v) is 5.93. The van der Waals surface area contributed by atoms with Crippen LogP contribution in [0.2, 0.25) is 0 Å². The molecule has 6 heteroatoms. The minimum atomic E-state index is 0. The fraction of sp³-hybridized carbons (Fsp3) is 0.400. The van der Waals surface area contributed by atoms with Crippen molar-refractivity contribution in [3.05, 3.63) is 16.8 Å². The topological polar surface area (TPSA) is 95.3 Å². The van der Waals surface area contributed by atoms with Crippen molar-refractivity contribution in [1.82, 2.24) is 9.97 Å². The number of fused-ring (bicyclic) bond motifs is 3. The molecule has 1 aliphatic rings. The van der Waals surface area contributed by atoms with Crippen LogP contribution < -0.4 is 11.3 Å². The van der Waals surface area contributed by atoms with Crippen LogP contribution in [-0.2, 0) is 12.8 Å². The predicted molar refractivity (Wildman–Crippen MR) is 65.5 cm³/mol. The zero-order chi connectivity index (χ0) is 10.3. The van der Waals surface area contributed by atoms with Gasteiger partial charge in [-0.3, -0.25) is 0 Å². The van der Waals surface area contributed by atoms with Crippen molar-refractivity contribution in [1.29, 1.82) is 0 Å². The maximum Gasteiger partial charge on any atom is 0.152 e. The zero-order valence-corrected chi connectivity index (χ0v) is 9.60. The Kier molecular flexibility index (Phi) is 3.04. The summed E-state index contributed by atoms with van der Waals surface area (Å²) in [5, 5.41) is 1.14. The number of aromatic nitrogens is 2. The van der Waals surface area contributed by atoms with E-state index in [-0.39, 0.29) is 5.48 Å². The molecule has 5 N–H and O–H groups in total. The highest BCUT2D eigenvalue weighted by molar-refractivity contribution is 7.19. The Hall–Kier alpha value is -1.24. The van der Waals surface area contributed by atoms with Gasteiger partial charge < -0.3 is 10.9 Å². The van der Waals surface area contributed by atoms with E-state index in [2.05, 4.69) is 15.4 Å². The van der Waals surface area contributed by atoms with E-state index in [0.717, 1.165) is 22.5 Å². The lowest BCUT2D eigenvalue weighted by Gasteiger charge is -2.11. The second kappa shape index (κ2) is 4.32. The van der Waals surface area contributed by atoms with Crippen molar-refractivity contribution in [3.8, 4) is 0 Å². The number of nitrogens with zero attached hydrogens (tertiary/aromatic N) is 2. The van der Waals surface area contributed by atoms with Gasteiger partial charge in [0.25, 0.3) is 0 Å². The largest absolute Gasteiger partial charge is 0.412 e. The second-order valence-electron chi connectivity index (χ2n) is 3.76. The van der Waals surface area contributed by atoms with Crippen LogP contribution in [0.1, 0.15) is 23.3 Å². The Labute approximate surface area is 97.0 Å². The minimum absolute atomic E-state index is 0. The number of nitrogen functional groups attached to an aromatic ring is 1. The number of anilines is 1. The summed E-state index contributed by atoms with van der Waals surface area (Å²) in [4.78, 5) is 11.0. The fourth-order valence-electron chi connectivity index (χ4n) is 2.20. The van der Waals surface area contributed by atoms with Gasteiger partial charge in [-0.05, 0) is 31.2 Å². The van der Waals surface area contributed by atoms with Gasteiger partial charge >= 0.3 is 0 Å². The maximum atomic E-state index is 5.47. The zero-order valence-electron chi connectivity index (χ0n) is 8.79. The third kappa shape index (κ3) is 1.55. The lowest BCUT2D eigenvalue weighted by molar-refractivity contribution is 0.700. The smallest absolute Gasteiger partial charge is 0.152 e. The highest BCUT2D eigenvalue weighted by Crippen LogP contribution is 2.37. The molecule has 1 aliphatic carbocycles. The average molecular weight is 238 g/mol. The Morgan fingerprint density at radius 3 is 2.88 bits per heavy atom. The SMILES string of the molecule is NNc1ncnc2sc3c(c12)CCCC3.O. The molecular weight excluding hydrogens is 224 g/mol. The van der Waals surface area contributed by atoms with Gasteiger partial charge in [0.15, 0.2) is 5.82 Å². The molecule has 0 atom stereocenters. The quantitative estimate of drug-likeness (QED) is 0.573. The van der Waals surface area contributed by atoms with Gasteiger partial charge in [0.2, 0.25) is 0 Å². The van der Waals surface area contributed by atoms with Crippen LogP contribution in [0.5, 0.6) is 0 Å². The van der Waals surface area contributed by atoms with E-state index in [1.54, 1.807) is 17.7 Å². The average Bonchev–Trinajstić information content (AvgIpc) is 2.67. The van der Waals surface area contributed by atoms with E-state index in [4.69, 9.17) is 5.84 Å². The van der Waals surface area contributed by atoms with Gasteiger partial charge in [0.05, 0.1) is 5.39 Å². The standard InChI is InChI=1S/C10H12N4S.H2O/c11-14-9-8-6-3-1-2-4-7(6)15-10(8)13-5-12-9;/h5H,1-4,11H2,(H,12,13,14);1H2. The Bertz CT molecular complexity index is 511. The molecule has 0 aliphatic heterocycles. The summed E-state index contributed by atoms with van der Waals surface area (Å²) < 4.78 is 0. The van der Waals surface area contributed by atoms with Gasteiger partial charge in [-0.2, -0.15) is 0 Å². The highest BCUT2D eigenvalue weighted by Gasteiger charge is 2.19. The van der Waals surface area contributed by atoms with Crippen LogP contribution in [0.15, 0.2) is 6.33 Å². The molecule has 3 rings (SSSR count). The Morgan fingerprint density at radius 2 is 2.06 bits per heavy atom. The molecule has 0 saturated heterocycles. The third-order valence-electron chi connectivity index (χ3n) is 2.89. The summed E-state index contributed by atoms with van der Waals surface area (Å²) in [5.41, 5.74) is 4.07. The number of aryl methyl sites for hydroxylation is 2. The second-order valence-corrected chi connectivity index (χ2v) is 4.84. The molecule has 0 saturated carbocycles. The van der Waals surface area contributed by atoms with E-state index in [1.807, 2.05) is 0 Å². The first-order valence-electron chi connectivity index (χ1n) is 5.12. The van der Waals surface area contributed by atoms with Crippen molar-refractivity contribution < 1.29 is 5.48 Å². The molecule has 5 nitrogen and oxygen atoms in total. The molecular formula is C10H14N4OS. The Balaban J connectivity index is 0.000000963. The molecule has 2 aromatic rings. The van der Waals surface area contributed by atoms with Gasteiger partial charge in [-0.1, -0.05) is 0 Å². The van der Waals surface area contributed by atoms with Crippen LogP contribution in [-0.4, -0.2) is 15.4 Å². The van der Waals surface area contributed by atoms with Gasteiger partial charge in [0.1, 0.15) is 11.2 Å². The van der Waals surface area contributed by atoms with Crippen molar-refractivity contribution in [2.24, 2.45) is 5.84 Å². The summed E-state index contributed by atoms with van der Waals surface area (Å²) in [6.45, 7) is 0. The molecule has 0 radical (unpaired) electrons. The summed E-state index contributed by atoms with van der Waals surface area (Å²) in [6, 6.07) is 0. The number of hydrogen-bond donors (Lipinski definition) is 2. The molecule has 0 spiro atoms. The molecule has 86 valence electrons. The van der Waals surface area contributed by atoms with Gasteiger partial charge in [0, 0.05) is 4.88 Å². The molecule has 2 aromatic heterocycles. The molecule has 16 heavy (non-hydrogen) atoms. The first-order chi connectivity index (χ1) is 7.40. The summed E-state index contributed by atoms with van der Waals surface area (Å²) in [5.74, 6) is 6.24. The minimum Gasteiger partial charge on any atom is -0.412 e. The van der Waals surface area contributed by atoms with E-state index < -0.39 is 0 Å². The molecule has 0 unspecified atom stereocenters. The first kappa shape index (κ1) is 11.3. The number of nitrogens with one attached hydrogen (secondary N) is 1. The maximum absolute atomic E-state index is 5.47. The highest BCUT2D eigenvalue weighted by atomic mass is 32.1. The van der Waals surface area contributed by atoms with Gasteiger partial charge in [-0.15, -0.1) is 11.3 Å². The van der Waals surface area contributed by atoms with Crippen molar-refractivity contribution in [2.75, 3.05) is 5.43 Å². The van der Waals surface area contributed by atoms with Crippen LogP contribution in [0.3, 0.4) is 0 Å². The normalized spacial score (nSPS) is 14.3. The summed E-state index contributed by atoms with van der Waals surface area (Å²) in [7, 11) is 0. The number of hydrazine groups is 1. The van der Waals surface area contributed by atoms with Crippen molar-refractivity contribution >= 4 is 27.4 Å². The lowest BCUT2D eigenvalue weighted by Crippen LogP contribution is -2.09. The van der Waals surface area contributed by atoms with E-state index >= 15 is 0 Å². The Morgan fingerprint density at radius 1 is 1.25 bits per heavy atom. The van der Waals surface area contributed by atoms with E-state index in [0.29, 0.717) is 0 Å². The number of rotatable bonds is 1. The predicted octanol–water partition coefficient (Wildman–Crippen LogP) is 1.03. The monoisotopic (exact) mass is 238 g/mol. The van der Waals surface area contributed by atoms with Crippen molar-refractivity contribution in [3.63, 3.8) is 0 Å². The molecule has 0 amide bonds. The number of nitrogens with two attached hydrogens (primary N) is 1. The van der Waals surface area contributed by atoms with Crippen molar-refractivity contribution in [2.45, 2.75) is 25.7 Å². The van der Waals surface area contributed by atoms with Crippen LogP contribution in [0.25, 0.3) is 10.2 Å².